The highest BCUT2D eigenvalue weighted by molar-refractivity contribution is 6.01. The molecule has 2 aromatic rings. The molecule has 1 amide bonds. The van der Waals surface area contributed by atoms with Crippen molar-refractivity contribution in [2.24, 2.45) is 0 Å². The van der Waals surface area contributed by atoms with Gasteiger partial charge in [0.05, 0.1) is 12.0 Å². The summed E-state index contributed by atoms with van der Waals surface area (Å²) in [5.41, 5.74) is 5.34. The van der Waals surface area contributed by atoms with Crippen LogP contribution in [0.4, 0.5) is 5.82 Å². The van der Waals surface area contributed by atoms with Gasteiger partial charge in [0.1, 0.15) is 28.3 Å². The second-order valence-corrected chi connectivity index (χ2v) is 7.85. The molecular formula is C22H28N4O4. The fourth-order valence-corrected chi connectivity index (χ4v) is 3.93. The Morgan fingerprint density at radius 1 is 1.40 bits per heavy atom. The monoisotopic (exact) mass is 412 g/mol. The third-order valence-electron chi connectivity index (χ3n) is 5.37. The number of nitrogens with zero attached hydrogens (tertiary/aromatic N) is 2. The smallest absolute Gasteiger partial charge is 0.258 e. The number of carbonyl (C=O) groups is 1. The zero-order valence-corrected chi connectivity index (χ0v) is 17.6. The first-order chi connectivity index (χ1) is 14.3. The van der Waals surface area contributed by atoms with Crippen LogP contribution in [0.2, 0.25) is 0 Å². The number of amides is 1. The molecule has 2 heterocycles. The number of hydrogen-bond acceptors (Lipinski definition) is 6. The molecule has 0 saturated heterocycles. The van der Waals surface area contributed by atoms with Crippen LogP contribution in [0.25, 0.3) is 11.0 Å². The average molecular weight is 412 g/mol. The molecule has 1 aliphatic carbocycles. The van der Waals surface area contributed by atoms with Crippen LogP contribution in [0.3, 0.4) is 0 Å². The van der Waals surface area contributed by atoms with Crippen molar-refractivity contribution in [1.82, 2.24) is 14.9 Å². The third kappa shape index (κ3) is 4.32. The number of nitrogen functional groups attached to an aromatic ring is 1. The Hall–Kier alpha value is -2.89. The minimum atomic E-state index is -1.32. The number of hydrogen-bond donors (Lipinski definition) is 3. The Kier molecular flexibility index (Phi) is 6.44. The second-order valence-electron chi connectivity index (χ2n) is 7.85. The fourth-order valence-electron chi connectivity index (χ4n) is 3.93. The van der Waals surface area contributed by atoms with E-state index >= 15 is 0 Å². The van der Waals surface area contributed by atoms with Gasteiger partial charge in [0.2, 0.25) is 5.43 Å². The third-order valence-corrected chi connectivity index (χ3v) is 5.37. The molecule has 1 fully saturated rings. The summed E-state index contributed by atoms with van der Waals surface area (Å²) in [5.74, 6) is 5.21. The summed E-state index contributed by atoms with van der Waals surface area (Å²) in [6, 6.07) is 3.28. The minimum Gasteiger partial charge on any atom is -0.384 e. The maximum absolute atomic E-state index is 13.0. The number of carbonyl (C=O) groups excluding carboxylic acids is 1. The molecule has 0 radical (unpaired) electrons. The van der Waals surface area contributed by atoms with Crippen molar-refractivity contribution < 1.29 is 14.6 Å². The van der Waals surface area contributed by atoms with E-state index in [4.69, 9.17) is 10.5 Å². The standard InChI is InChI=1S/C22H28N4O4/c1-22(29,13-30-3)12-11-14-9-10-16-18(27)17(21(28)24-2)19(23)26(20(16)25-14)15-7-5-4-6-8-15/h9-10,15,29H,4-8,13,23H2,1-3H3,(H,24,28). The summed E-state index contributed by atoms with van der Waals surface area (Å²) in [5, 5.41) is 13.0. The van der Waals surface area contributed by atoms with E-state index in [1.165, 1.54) is 14.2 Å². The van der Waals surface area contributed by atoms with Gasteiger partial charge in [-0.2, -0.15) is 0 Å². The molecule has 0 aromatic carbocycles. The average Bonchev–Trinajstić information content (AvgIpc) is 2.73. The lowest BCUT2D eigenvalue weighted by molar-refractivity contribution is 0.0274. The molecule has 0 bridgehead atoms. The maximum atomic E-state index is 13.0. The van der Waals surface area contributed by atoms with Crippen molar-refractivity contribution in [3.8, 4) is 11.8 Å². The topological polar surface area (TPSA) is 119 Å². The number of rotatable bonds is 4. The summed E-state index contributed by atoms with van der Waals surface area (Å²) in [6.45, 7) is 1.61. The van der Waals surface area contributed by atoms with E-state index in [0.29, 0.717) is 16.7 Å². The number of aliphatic hydroxyl groups is 1. The van der Waals surface area contributed by atoms with Crippen LogP contribution >= 0.6 is 0 Å². The first-order valence-electron chi connectivity index (χ1n) is 10.1. The predicted octanol–water partition coefficient (Wildman–Crippen LogP) is 1.59. The van der Waals surface area contributed by atoms with Gasteiger partial charge >= 0.3 is 0 Å². The van der Waals surface area contributed by atoms with Crippen LogP contribution in [-0.2, 0) is 4.74 Å². The van der Waals surface area contributed by atoms with Crippen LogP contribution in [0, 0.1) is 11.8 Å². The number of anilines is 1. The van der Waals surface area contributed by atoms with E-state index in [2.05, 4.69) is 22.1 Å². The minimum absolute atomic E-state index is 0.0533. The van der Waals surface area contributed by atoms with Gasteiger partial charge < -0.3 is 25.5 Å². The number of pyridine rings is 2. The SMILES string of the molecule is CNC(=O)c1c(N)n(C2CCCCC2)c2nc(C#CC(C)(O)COC)ccc2c1=O. The van der Waals surface area contributed by atoms with Gasteiger partial charge in [-0.05, 0) is 37.8 Å². The molecule has 1 aliphatic rings. The van der Waals surface area contributed by atoms with E-state index in [-0.39, 0.29) is 24.0 Å². The number of fused-ring (bicyclic) bond motifs is 1. The quantitative estimate of drug-likeness (QED) is 0.656. The van der Waals surface area contributed by atoms with Crippen LogP contribution in [-0.4, -0.2) is 46.9 Å². The Morgan fingerprint density at radius 2 is 2.10 bits per heavy atom. The van der Waals surface area contributed by atoms with Crippen molar-refractivity contribution in [2.45, 2.75) is 50.7 Å². The number of aromatic nitrogens is 2. The Bertz CT molecular complexity index is 1070. The maximum Gasteiger partial charge on any atom is 0.258 e. The van der Waals surface area contributed by atoms with Gasteiger partial charge in [-0.25, -0.2) is 4.98 Å². The Balaban J connectivity index is 2.23. The van der Waals surface area contributed by atoms with Crippen LogP contribution in [0.5, 0.6) is 0 Å². The highest BCUT2D eigenvalue weighted by Crippen LogP contribution is 2.33. The lowest BCUT2D eigenvalue weighted by atomic mass is 9.94. The zero-order chi connectivity index (χ0) is 21.9. The molecule has 2 aromatic heterocycles. The van der Waals surface area contributed by atoms with Gasteiger partial charge in [-0.1, -0.05) is 25.2 Å². The molecule has 1 unspecified atom stereocenters. The molecule has 0 spiro atoms. The van der Waals surface area contributed by atoms with Crippen LogP contribution in [0.1, 0.15) is 61.1 Å². The molecule has 1 atom stereocenters. The normalized spacial score (nSPS) is 16.5. The molecule has 4 N–H and O–H groups in total. The molecule has 8 heteroatoms. The number of nitrogens with one attached hydrogen (secondary N) is 1. The summed E-state index contributed by atoms with van der Waals surface area (Å²) in [6.07, 6.45) is 5.04. The van der Waals surface area contributed by atoms with Crippen LogP contribution in [0.15, 0.2) is 16.9 Å². The fraction of sp³-hybridized carbons (Fsp3) is 0.500. The summed E-state index contributed by atoms with van der Waals surface area (Å²) in [4.78, 5) is 30.0. The molecule has 160 valence electrons. The highest BCUT2D eigenvalue weighted by atomic mass is 16.5. The van der Waals surface area contributed by atoms with Crippen molar-refractivity contribution in [3.05, 3.63) is 33.6 Å². The lowest BCUT2D eigenvalue weighted by Crippen LogP contribution is -2.31. The van der Waals surface area contributed by atoms with Crippen molar-refractivity contribution in [1.29, 1.82) is 0 Å². The molecule has 0 aliphatic heterocycles. The van der Waals surface area contributed by atoms with E-state index < -0.39 is 16.9 Å². The molecular weight excluding hydrogens is 384 g/mol. The van der Waals surface area contributed by atoms with Crippen molar-refractivity contribution in [3.63, 3.8) is 0 Å². The first-order valence-corrected chi connectivity index (χ1v) is 10.1. The Morgan fingerprint density at radius 3 is 2.73 bits per heavy atom. The molecule has 1 saturated carbocycles. The van der Waals surface area contributed by atoms with Crippen molar-refractivity contribution in [2.75, 3.05) is 26.5 Å². The van der Waals surface area contributed by atoms with Gasteiger partial charge in [0, 0.05) is 20.2 Å². The van der Waals surface area contributed by atoms with Crippen LogP contribution < -0.4 is 16.5 Å². The predicted molar refractivity (Wildman–Crippen MR) is 115 cm³/mol. The number of methoxy groups -OCH3 is 1. The van der Waals surface area contributed by atoms with Gasteiger partial charge in [0.15, 0.2) is 0 Å². The first kappa shape index (κ1) is 21.8. The number of ether oxygens (including phenoxy) is 1. The lowest BCUT2D eigenvalue weighted by Gasteiger charge is -2.28. The Labute approximate surface area is 175 Å². The van der Waals surface area contributed by atoms with Gasteiger partial charge in [-0.15, -0.1) is 0 Å². The molecule has 30 heavy (non-hydrogen) atoms. The number of nitrogens with two attached hydrogens (primary N) is 1. The van der Waals surface area contributed by atoms with Crippen molar-refractivity contribution >= 4 is 22.8 Å². The van der Waals surface area contributed by atoms with E-state index in [9.17, 15) is 14.7 Å². The van der Waals surface area contributed by atoms with Gasteiger partial charge in [0.25, 0.3) is 5.91 Å². The van der Waals surface area contributed by atoms with E-state index in [1.54, 1.807) is 19.1 Å². The highest BCUT2D eigenvalue weighted by Gasteiger charge is 2.26. The van der Waals surface area contributed by atoms with E-state index in [1.807, 2.05) is 4.57 Å². The second kappa shape index (κ2) is 8.86. The zero-order valence-electron chi connectivity index (χ0n) is 17.6. The molecule has 3 rings (SSSR count). The van der Waals surface area contributed by atoms with Gasteiger partial charge in [-0.3, -0.25) is 9.59 Å². The summed E-state index contributed by atoms with van der Waals surface area (Å²) >= 11 is 0. The summed E-state index contributed by atoms with van der Waals surface area (Å²) in [7, 11) is 2.96. The molecule has 8 nitrogen and oxygen atoms in total. The largest absolute Gasteiger partial charge is 0.384 e. The summed E-state index contributed by atoms with van der Waals surface area (Å²) < 4.78 is 6.79. The van der Waals surface area contributed by atoms with E-state index in [0.717, 1.165) is 32.1 Å².